The summed E-state index contributed by atoms with van der Waals surface area (Å²) in [4.78, 5) is 29.2. The molecule has 1 aromatic heterocycles. The summed E-state index contributed by atoms with van der Waals surface area (Å²) in [5, 5.41) is 12.2. The third-order valence-electron chi connectivity index (χ3n) is 4.03. The van der Waals surface area contributed by atoms with Crippen molar-refractivity contribution in [2.24, 2.45) is 0 Å². The molecule has 0 bridgehead atoms. The Morgan fingerprint density at radius 3 is 2.84 bits per heavy atom. The van der Waals surface area contributed by atoms with E-state index in [0.717, 1.165) is 11.3 Å². The lowest BCUT2D eigenvalue weighted by Gasteiger charge is -2.12. The molecule has 1 aliphatic rings. The van der Waals surface area contributed by atoms with Crippen molar-refractivity contribution in [3.63, 3.8) is 0 Å². The first-order chi connectivity index (χ1) is 12.0. The van der Waals surface area contributed by atoms with Crippen molar-refractivity contribution in [3.05, 3.63) is 47.2 Å². The lowest BCUT2D eigenvalue weighted by Crippen LogP contribution is -2.22. The molecule has 1 amide bonds. The quantitative estimate of drug-likeness (QED) is 0.839. The molecule has 1 aromatic carbocycles. The molecule has 2 aromatic rings. The first kappa shape index (κ1) is 16.8. The van der Waals surface area contributed by atoms with Gasteiger partial charge in [-0.15, -0.1) is 0 Å². The molecule has 0 aliphatic carbocycles. The number of ether oxygens (including phenoxy) is 1. The fourth-order valence-corrected chi connectivity index (χ4v) is 2.77. The predicted octanol–water partition coefficient (Wildman–Crippen LogP) is 2.90. The average Bonchev–Trinajstić information content (AvgIpc) is 2.92. The molecule has 1 aliphatic heterocycles. The molecule has 0 fully saturated rings. The second-order valence-corrected chi connectivity index (χ2v) is 5.63. The molecular formula is C18H19N3O4. The molecule has 0 unspecified atom stereocenters. The number of nitrogens with zero attached hydrogens (tertiary/aromatic N) is 2. The summed E-state index contributed by atoms with van der Waals surface area (Å²) in [5.74, 6) is -0.212. The van der Waals surface area contributed by atoms with Crippen LogP contribution in [0.1, 0.15) is 40.1 Å². The van der Waals surface area contributed by atoms with Crippen LogP contribution in [-0.4, -0.2) is 40.0 Å². The number of fused-ring (bicyclic) bond motifs is 1. The molecule has 25 heavy (non-hydrogen) atoms. The molecule has 0 atom stereocenters. The van der Waals surface area contributed by atoms with Gasteiger partial charge in [-0.2, -0.15) is 0 Å². The fourth-order valence-electron chi connectivity index (χ4n) is 2.77. The highest BCUT2D eigenvalue weighted by Crippen LogP contribution is 2.30. The van der Waals surface area contributed by atoms with Crippen LogP contribution in [0.4, 0.5) is 11.5 Å². The largest absolute Gasteiger partial charge is 0.490 e. The summed E-state index contributed by atoms with van der Waals surface area (Å²) >= 11 is 0. The van der Waals surface area contributed by atoms with Crippen molar-refractivity contribution < 1.29 is 19.4 Å². The number of benzene rings is 1. The Bertz CT molecular complexity index is 835. The van der Waals surface area contributed by atoms with Crippen LogP contribution < -0.4 is 10.1 Å². The number of aromatic carboxylic acids is 1. The second kappa shape index (κ2) is 6.80. The van der Waals surface area contributed by atoms with Crippen LogP contribution in [0.2, 0.25) is 0 Å². The van der Waals surface area contributed by atoms with Crippen molar-refractivity contribution in [2.45, 2.75) is 20.4 Å². The van der Waals surface area contributed by atoms with Gasteiger partial charge in [0.15, 0.2) is 11.6 Å². The van der Waals surface area contributed by atoms with Gasteiger partial charge in [-0.25, -0.2) is 9.78 Å². The highest BCUT2D eigenvalue weighted by Gasteiger charge is 2.26. The Labute approximate surface area is 145 Å². The van der Waals surface area contributed by atoms with Gasteiger partial charge in [-0.1, -0.05) is 0 Å². The third-order valence-corrected chi connectivity index (χ3v) is 4.03. The lowest BCUT2D eigenvalue weighted by atomic mass is 10.1. The lowest BCUT2D eigenvalue weighted by molar-refractivity contribution is 0.0695. The number of aromatic nitrogens is 1. The standard InChI is InChI=1S/C18H19N3O4/c1-3-21-10-12-7-13(5-6-14(12)17(21)22)20-16-15(25-4-2)8-11(9-19-16)18(23)24/h5-9H,3-4,10H2,1-2H3,(H,19,20)(H,23,24). The van der Waals surface area contributed by atoms with Crippen LogP contribution in [0, 0.1) is 0 Å². The van der Waals surface area contributed by atoms with Gasteiger partial charge >= 0.3 is 5.97 Å². The molecule has 3 rings (SSSR count). The highest BCUT2D eigenvalue weighted by molar-refractivity contribution is 5.99. The van der Waals surface area contributed by atoms with Crippen molar-refractivity contribution in [2.75, 3.05) is 18.5 Å². The Hall–Kier alpha value is -3.09. The van der Waals surface area contributed by atoms with Crippen LogP contribution in [0.5, 0.6) is 5.75 Å². The molecule has 7 nitrogen and oxygen atoms in total. The maximum Gasteiger partial charge on any atom is 0.337 e. The zero-order valence-electron chi connectivity index (χ0n) is 14.1. The highest BCUT2D eigenvalue weighted by atomic mass is 16.5. The Balaban J connectivity index is 1.88. The van der Waals surface area contributed by atoms with E-state index in [1.807, 2.05) is 19.9 Å². The molecule has 0 saturated heterocycles. The SMILES string of the molecule is CCOc1cc(C(=O)O)cnc1Nc1ccc2c(c1)CN(CC)C2=O. The van der Waals surface area contributed by atoms with E-state index in [1.165, 1.54) is 12.3 Å². The van der Waals surface area contributed by atoms with Gasteiger partial charge in [0.25, 0.3) is 5.91 Å². The van der Waals surface area contributed by atoms with E-state index in [0.29, 0.717) is 36.8 Å². The first-order valence-electron chi connectivity index (χ1n) is 8.08. The number of amides is 1. The zero-order valence-corrected chi connectivity index (χ0v) is 14.1. The summed E-state index contributed by atoms with van der Waals surface area (Å²) in [6.07, 6.45) is 1.28. The maximum absolute atomic E-state index is 12.2. The minimum atomic E-state index is -1.06. The summed E-state index contributed by atoms with van der Waals surface area (Å²) < 4.78 is 5.49. The van der Waals surface area contributed by atoms with E-state index in [-0.39, 0.29) is 11.5 Å². The van der Waals surface area contributed by atoms with Gasteiger partial charge in [-0.3, -0.25) is 4.79 Å². The Kier molecular flexibility index (Phi) is 4.56. The van der Waals surface area contributed by atoms with Crippen LogP contribution in [0.3, 0.4) is 0 Å². The number of rotatable bonds is 6. The van der Waals surface area contributed by atoms with E-state index in [4.69, 9.17) is 9.84 Å². The third kappa shape index (κ3) is 3.26. The fraction of sp³-hybridized carbons (Fsp3) is 0.278. The monoisotopic (exact) mass is 341 g/mol. The summed E-state index contributed by atoms with van der Waals surface area (Å²) in [7, 11) is 0. The number of hydrogen-bond acceptors (Lipinski definition) is 5. The van der Waals surface area contributed by atoms with Crippen molar-refractivity contribution >= 4 is 23.4 Å². The second-order valence-electron chi connectivity index (χ2n) is 5.63. The number of carbonyl (C=O) groups excluding carboxylic acids is 1. The number of carboxylic acids is 1. The van der Waals surface area contributed by atoms with E-state index in [2.05, 4.69) is 10.3 Å². The van der Waals surface area contributed by atoms with E-state index < -0.39 is 5.97 Å². The van der Waals surface area contributed by atoms with Crippen LogP contribution >= 0.6 is 0 Å². The summed E-state index contributed by atoms with van der Waals surface area (Å²) in [6, 6.07) is 6.95. The van der Waals surface area contributed by atoms with Gasteiger partial charge in [0, 0.05) is 36.6 Å². The number of anilines is 2. The molecule has 0 radical (unpaired) electrons. The van der Waals surface area contributed by atoms with Gasteiger partial charge in [-0.05, 0) is 37.6 Å². The predicted molar refractivity (Wildman–Crippen MR) is 92.5 cm³/mol. The molecule has 130 valence electrons. The minimum Gasteiger partial charge on any atom is -0.490 e. The number of carbonyl (C=O) groups is 2. The summed E-state index contributed by atoms with van der Waals surface area (Å²) in [5.41, 5.74) is 2.50. The maximum atomic E-state index is 12.2. The zero-order chi connectivity index (χ0) is 18.0. The summed E-state index contributed by atoms with van der Waals surface area (Å²) in [6.45, 7) is 5.42. The first-order valence-corrected chi connectivity index (χ1v) is 8.08. The topological polar surface area (TPSA) is 91.8 Å². The van der Waals surface area contributed by atoms with Crippen LogP contribution in [0.25, 0.3) is 0 Å². The Morgan fingerprint density at radius 2 is 2.16 bits per heavy atom. The van der Waals surface area contributed by atoms with E-state index in [9.17, 15) is 9.59 Å². The van der Waals surface area contributed by atoms with Gasteiger partial charge in [0.05, 0.1) is 12.2 Å². The van der Waals surface area contributed by atoms with E-state index >= 15 is 0 Å². The number of hydrogen-bond donors (Lipinski definition) is 2. The van der Waals surface area contributed by atoms with E-state index in [1.54, 1.807) is 17.0 Å². The molecular weight excluding hydrogens is 322 g/mol. The molecule has 0 spiro atoms. The van der Waals surface area contributed by atoms with Crippen molar-refractivity contribution in [3.8, 4) is 5.75 Å². The number of pyridine rings is 1. The van der Waals surface area contributed by atoms with Crippen molar-refractivity contribution in [1.82, 2.24) is 9.88 Å². The van der Waals surface area contributed by atoms with Crippen LogP contribution in [0.15, 0.2) is 30.5 Å². The Morgan fingerprint density at radius 1 is 1.36 bits per heavy atom. The van der Waals surface area contributed by atoms with Gasteiger partial charge in [0.1, 0.15) is 0 Å². The molecule has 0 saturated carbocycles. The van der Waals surface area contributed by atoms with Crippen molar-refractivity contribution in [1.29, 1.82) is 0 Å². The minimum absolute atomic E-state index is 0.0444. The molecule has 7 heteroatoms. The smallest absolute Gasteiger partial charge is 0.337 e. The number of carboxylic acid groups (broad SMARTS) is 1. The average molecular weight is 341 g/mol. The van der Waals surface area contributed by atoms with Crippen LogP contribution in [-0.2, 0) is 6.54 Å². The normalized spacial score (nSPS) is 12.9. The van der Waals surface area contributed by atoms with Gasteiger partial charge < -0.3 is 20.1 Å². The molecule has 2 heterocycles. The molecule has 2 N–H and O–H groups in total. The van der Waals surface area contributed by atoms with Gasteiger partial charge in [0.2, 0.25) is 0 Å². The number of nitrogens with one attached hydrogen (secondary N) is 1.